The molecule has 0 bridgehead atoms. The van der Waals surface area contributed by atoms with Crippen LogP contribution in [0.15, 0.2) is 126 Å². The van der Waals surface area contributed by atoms with Crippen LogP contribution in [-0.4, -0.2) is 11.3 Å². The lowest BCUT2D eigenvalue weighted by Crippen LogP contribution is -2.21. The molecule has 4 nitrogen and oxygen atoms in total. The summed E-state index contributed by atoms with van der Waals surface area (Å²) in [7, 11) is 1.59. The summed E-state index contributed by atoms with van der Waals surface area (Å²) in [5.74, 6) is 2.60. The topological polar surface area (TPSA) is 44.8 Å². The van der Waals surface area contributed by atoms with Crippen molar-refractivity contribution >= 4 is 11.1 Å². The maximum Gasteiger partial charge on any atom is 0.240 e. The fourth-order valence-corrected chi connectivity index (χ4v) is 5.81. The molecule has 0 aliphatic heterocycles. The van der Waals surface area contributed by atoms with E-state index in [1.165, 1.54) is 27.8 Å². The molecule has 0 aliphatic carbocycles. The number of ether oxygens (including phenoxy) is 2. The molecular weight excluding hydrogens is 552 g/mol. The average molecular weight is 591 g/mol. The molecule has 0 radical (unpaired) electrons. The quantitative estimate of drug-likeness (QED) is 0.162. The van der Waals surface area contributed by atoms with Crippen molar-refractivity contribution in [1.29, 1.82) is 0 Å². The van der Waals surface area contributed by atoms with Crippen molar-refractivity contribution in [2.45, 2.75) is 50.3 Å². The Balaban J connectivity index is 1.22. The molecule has 0 aromatic heterocycles. The molecule has 1 unspecified atom stereocenters. The molecule has 0 N–H and O–H groups in total. The number of hydrogen-bond acceptors (Lipinski definition) is 4. The summed E-state index contributed by atoms with van der Waals surface area (Å²) in [5, 5.41) is 0. The third kappa shape index (κ3) is 6.84. The molecule has 0 amide bonds. The second kappa shape index (κ2) is 12.5. The lowest BCUT2D eigenvalue weighted by Gasteiger charge is -2.29. The number of rotatable bonds is 10. The van der Waals surface area contributed by atoms with E-state index in [4.69, 9.17) is 13.7 Å². The van der Waals surface area contributed by atoms with Gasteiger partial charge in [0, 0.05) is 10.8 Å². The lowest BCUT2D eigenvalue weighted by molar-refractivity contribution is 0.414. The molecule has 5 heteroatoms. The summed E-state index contributed by atoms with van der Waals surface area (Å²) < 4.78 is 29.4. The minimum atomic E-state index is -1.63. The molecule has 0 aliphatic rings. The Labute approximate surface area is 258 Å². The molecule has 43 heavy (non-hydrogen) atoms. The van der Waals surface area contributed by atoms with E-state index in [-0.39, 0.29) is 10.8 Å². The van der Waals surface area contributed by atoms with Gasteiger partial charge in [-0.1, -0.05) is 93.9 Å². The van der Waals surface area contributed by atoms with Gasteiger partial charge in [0.15, 0.2) is 0 Å². The lowest BCUT2D eigenvalue weighted by atomic mass is 9.74. The van der Waals surface area contributed by atoms with Crippen LogP contribution in [0.2, 0.25) is 0 Å². The average Bonchev–Trinajstić information content (AvgIpc) is 3.02. The maximum atomic E-state index is 12.6. The van der Waals surface area contributed by atoms with Gasteiger partial charge in [0.05, 0.1) is 12.0 Å². The van der Waals surface area contributed by atoms with E-state index in [0.717, 1.165) is 5.75 Å². The van der Waals surface area contributed by atoms with Gasteiger partial charge < -0.3 is 13.7 Å². The van der Waals surface area contributed by atoms with Gasteiger partial charge in [-0.15, -0.1) is 0 Å². The van der Waals surface area contributed by atoms with Gasteiger partial charge in [-0.3, -0.25) is 0 Å². The molecule has 0 heterocycles. The normalized spacial score (nSPS) is 12.4. The molecule has 220 valence electrons. The van der Waals surface area contributed by atoms with Gasteiger partial charge in [0.1, 0.15) is 23.0 Å². The third-order valence-corrected chi connectivity index (χ3v) is 9.16. The van der Waals surface area contributed by atoms with Crippen molar-refractivity contribution < 1.29 is 17.9 Å². The fraction of sp³-hybridized carbons (Fsp3) is 0.211. The van der Waals surface area contributed by atoms with Gasteiger partial charge in [0.25, 0.3) is 0 Å². The molecule has 0 spiro atoms. The predicted octanol–water partition coefficient (Wildman–Crippen LogP) is 9.55. The zero-order valence-electron chi connectivity index (χ0n) is 25.6. The largest absolute Gasteiger partial charge is 0.497 e. The number of aryl methyl sites for hydroxylation is 1. The van der Waals surface area contributed by atoms with Crippen molar-refractivity contribution in [3.8, 4) is 23.0 Å². The molecule has 5 rings (SSSR count). The summed E-state index contributed by atoms with van der Waals surface area (Å²) in [6.07, 6.45) is 0. The van der Waals surface area contributed by atoms with E-state index in [1.807, 2.05) is 12.1 Å². The Kier molecular flexibility index (Phi) is 8.74. The minimum absolute atomic E-state index is 0.0761. The van der Waals surface area contributed by atoms with Gasteiger partial charge in [-0.05, 0) is 89.8 Å². The Morgan fingerprint density at radius 1 is 0.488 bits per heavy atom. The van der Waals surface area contributed by atoms with Crippen molar-refractivity contribution in [2.24, 2.45) is 0 Å². The third-order valence-electron chi connectivity index (χ3n) is 8.16. The zero-order valence-corrected chi connectivity index (χ0v) is 26.4. The molecule has 0 saturated carbocycles. The van der Waals surface area contributed by atoms with E-state index >= 15 is 0 Å². The highest BCUT2D eigenvalue weighted by atomic mass is 32.2. The van der Waals surface area contributed by atoms with Gasteiger partial charge in [0.2, 0.25) is 11.1 Å². The van der Waals surface area contributed by atoms with Crippen molar-refractivity contribution in [1.82, 2.24) is 0 Å². The first kappa shape index (κ1) is 30.1. The number of methoxy groups -OCH3 is 1. The Hall–Kier alpha value is -4.35. The van der Waals surface area contributed by atoms with Crippen LogP contribution in [0.1, 0.15) is 55.5 Å². The Bertz CT molecular complexity index is 1670. The standard InChI is InChI=1S/C38H38O4S/c1-27-7-9-28(10-8-27)37(2,3)29-11-13-30(14-12-29)38(4,5)31-15-17-33(18-16-31)41-34-19-21-35(22-20-34)42-43(39)36-25-23-32(40-6)24-26-36/h7-26H,1-6H3. The van der Waals surface area contributed by atoms with Gasteiger partial charge in [-0.25, -0.2) is 4.21 Å². The van der Waals surface area contributed by atoms with Gasteiger partial charge >= 0.3 is 0 Å². The monoisotopic (exact) mass is 590 g/mol. The minimum Gasteiger partial charge on any atom is -0.497 e. The van der Waals surface area contributed by atoms with Crippen LogP contribution >= 0.6 is 0 Å². The van der Waals surface area contributed by atoms with Crippen molar-refractivity contribution in [3.05, 3.63) is 149 Å². The van der Waals surface area contributed by atoms with Crippen LogP contribution in [0.4, 0.5) is 0 Å². The number of benzene rings is 5. The zero-order chi connectivity index (χ0) is 30.6. The highest BCUT2D eigenvalue weighted by Gasteiger charge is 2.26. The summed E-state index contributed by atoms with van der Waals surface area (Å²) in [5.41, 5.74) is 6.09. The molecular formula is C38H38O4S. The summed E-state index contributed by atoms with van der Waals surface area (Å²) >= 11 is -1.63. The second-order valence-electron chi connectivity index (χ2n) is 11.8. The van der Waals surface area contributed by atoms with E-state index in [0.29, 0.717) is 22.1 Å². The van der Waals surface area contributed by atoms with E-state index in [1.54, 1.807) is 55.6 Å². The smallest absolute Gasteiger partial charge is 0.240 e. The van der Waals surface area contributed by atoms with Crippen LogP contribution in [0.25, 0.3) is 0 Å². The van der Waals surface area contributed by atoms with Crippen LogP contribution in [0, 0.1) is 6.92 Å². The second-order valence-corrected chi connectivity index (χ2v) is 12.9. The first-order valence-corrected chi connectivity index (χ1v) is 15.4. The molecule has 5 aromatic rings. The van der Waals surface area contributed by atoms with Crippen LogP contribution in [0.5, 0.6) is 23.0 Å². The van der Waals surface area contributed by atoms with Gasteiger partial charge in [-0.2, -0.15) is 0 Å². The Morgan fingerprint density at radius 2 is 0.837 bits per heavy atom. The SMILES string of the molecule is COc1ccc(S(=O)Oc2ccc(Oc3ccc(C(C)(C)c4ccc(C(C)(C)c5ccc(C)cc5)cc4)cc3)cc2)cc1. The highest BCUT2D eigenvalue weighted by molar-refractivity contribution is 7.80. The first-order valence-electron chi connectivity index (χ1n) is 14.4. The summed E-state index contributed by atoms with van der Waals surface area (Å²) in [4.78, 5) is 0.561. The highest BCUT2D eigenvalue weighted by Crippen LogP contribution is 2.36. The maximum absolute atomic E-state index is 12.6. The molecule has 0 saturated heterocycles. The van der Waals surface area contributed by atoms with Crippen molar-refractivity contribution in [3.63, 3.8) is 0 Å². The molecule has 0 fully saturated rings. The fourth-order valence-electron chi connectivity index (χ4n) is 5.07. The number of hydrogen-bond donors (Lipinski definition) is 0. The van der Waals surface area contributed by atoms with Crippen LogP contribution in [0.3, 0.4) is 0 Å². The van der Waals surface area contributed by atoms with E-state index in [9.17, 15) is 4.21 Å². The summed E-state index contributed by atoms with van der Waals surface area (Å²) in [6, 6.07) is 40.1. The molecule has 5 aromatic carbocycles. The Morgan fingerprint density at radius 3 is 1.28 bits per heavy atom. The molecule has 1 atom stereocenters. The van der Waals surface area contributed by atoms with E-state index in [2.05, 4.69) is 95.3 Å². The predicted molar refractivity (Wildman–Crippen MR) is 175 cm³/mol. The van der Waals surface area contributed by atoms with Crippen LogP contribution in [-0.2, 0) is 21.9 Å². The van der Waals surface area contributed by atoms with Crippen LogP contribution < -0.4 is 13.7 Å². The van der Waals surface area contributed by atoms with E-state index < -0.39 is 11.1 Å². The first-order chi connectivity index (χ1) is 20.6. The summed E-state index contributed by atoms with van der Waals surface area (Å²) in [6.45, 7) is 11.2. The van der Waals surface area contributed by atoms with Crippen molar-refractivity contribution in [2.75, 3.05) is 7.11 Å².